The van der Waals surface area contributed by atoms with E-state index in [9.17, 15) is 39.6 Å². The van der Waals surface area contributed by atoms with Gasteiger partial charge in [0, 0.05) is 30.5 Å². The van der Waals surface area contributed by atoms with Gasteiger partial charge in [-0.2, -0.15) is 26.3 Å². The molecule has 3 heterocycles. The highest BCUT2D eigenvalue weighted by molar-refractivity contribution is 7.92. The van der Waals surface area contributed by atoms with Crippen LogP contribution in [0.3, 0.4) is 0 Å². The number of halogens is 6. The molecule has 3 aliphatic heterocycles. The monoisotopic (exact) mass is 711 g/mol. The van der Waals surface area contributed by atoms with E-state index < -0.39 is 62.3 Å². The van der Waals surface area contributed by atoms with E-state index in [0.29, 0.717) is 73.7 Å². The number of nitrogens with one attached hydrogen (secondary N) is 1. The van der Waals surface area contributed by atoms with Crippen LogP contribution in [0.4, 0.5) is 32.0 Å². The van der Waals surface area contributed by atoms with E-state index >= 15 is 0 Å². The summed E-state index contributed by atoms with van der Waals surface area (Å²) in [4.78, 5) is 14.6. The quantitative estimate of drug-likeness (QED) is 0.267. The molecule has 6 rings (SSSR count). The van der Waals surface area contributed by atoms with Gasteiger partial charge in [0.2, 0.25) is 16.8 Å². The second kappa shape index (κ2) is 12.7. The average Bonchev–Trinajstić information content (AvgIpc) is 3.62. The molecule has 0 radical (unpaired) electrons. The molecule has 264 valence electrons. The minimum absolute atomic E-state index is 0.000859. The number of likely N-dealkylation sites (N-methyl/N-ethyl adjacent to an activating group) is 1. The number of hydrogen-bond acceptors (Lipinski definition) is 6. The Morgan fingerprint density at radius 1 is 0.959 bits per heavy atom. The second-order valence-electron chi connectivity index (χ2n) is 12.9. The fraction of sp³-hybridized carbons (Fsp3) is 0.441. The van der Waals surface area contributed by atoms with Crippen LogP contribution in [-0.2, 0) is 27.8 Å². The normalized spacial score (nSPS) is 19.2. The first-order valence-corrected chi connectivity index (χ1v) is 17.6. The molecule has 3 aliphatic rings. The molecule has 3 aromatic carbocycles. The van der Waals surface area contributed by atoms with Crippen LogP contribution in [0.2, 0.25) is 0 Å². The van der Waals surface area contributed by atoms with E-state index in [1.165, 1.54) is 17.6 Å². The van der Waals surface area contributed by atoms with Crippen LogP contribution in [-0.4, -0.2) is 65.0 Å². The van der Waals surface area contributed by atoms with Gasteiger partial charge in [0.05, 0.1) is 29.1 Å². The fourth-order valence-corrected chi connectivity index (χ4v) is 8.83. The Morgan fingerprint density at radius 2 is 1.59 bits per heavy atom. The summed E-state index contributed by atoms with van der Waals surface area (Å²) in [6.45, 7) is 1.27. The zero-order valence-electron chi connectivity index (χ0n) is 26.7. The van der Waals surface area contributed by atoms with Crippen LogP contribution in [0.5, 0.6) is 11.5 Å². The van der Waals surface area contributed by atoms with Crippen LogP contribution in [0.25, 0.3) is 0 Å². The highest BCUT2D eigenvalue weighted by Gasteiger charge is 2.53. The van der Waals surface area contributed by atoms with Gasteiger partial charge in [-0.05, 0) is 86.3 Å². The molecule has 3 aromatic rings. The molecule has 1 fully saturated rings. The number of ether oxygens (including phenoxy) is 2. The zero-order chi connectivity index (χ0) is 35.4. The average molecular weight is 712 g/mol. The van der Waals surface area contributed by atoms with Crippen molar-refractivity contribution in [1.82, 2.24) is 10.2 Å². The van der Waals surface area contributed by atoms with Gasteiger partial charge < -0.3 is 19.7 Å². The third kappa shape index (κ3) is 6.79. The summed E-state index contributed by atoms with van der Waals surface area (Å²) in [7, 11) is -2.42. The number of carbonyl (C=O) groups excluding carboxylic acids is 1. The third-order valence-electron chi connectivity index (χ3n) is 9.78. The maximum Gasteiger partial charge on any atom is 0.416 e. The predicted molar refractivity (Wildman–Crippen MR) is 169 cm³/mol. The molecule has 1 saturated heterocycles. The minimum Gasteiger partial charge on any atom is -0.454 e. The number of alkyl halides is 6. The summed E-state index contributed by atoms with van der Waals surface area (Å²) in [5, 5.41) is 3.36. The highest BCUT2D eigenvalue weighted by atomic mass is 32.2. The van der Waals surface area contributed by atoms with Crippen molar-refractivity contribution in [2.24, 2.45) is 0 Å². The Hall–Kier alpha value is -3.98. The lowest BCUT2D eigenvalue weighted by Gasteiger charge is -2.42. The molecule has 15 heteroatoms. The zero-order valence-corrected chi connectivity index (χ0v) is 27.5. The molecule has 49 heavy (non-hydrogen) atoms. The van der Waals surface area contributed by atoms with Gasteiger partial charge in [0.15, 0.2) is 11.5 Å². The first kappa shape index (κ1) is 34.9. The SMILES string of the molecule is CN(C[C@@H](CCC1N(S(C)(=O)=O)c2ccccc2C12CCNCC2)c1ccc2c(c1)OCO2)C(=O)c1cc(C(F)(F)F)cc(C(F)(F)F)c1. The first-order valence-electron chi connectivity index (χ1n) is 15.7. The van der Waals surface area contributed by atoms with E-state index in [1.54, 1.807) is 30.3 Å². The standard InChI is InChI=1S/C34H35F6N3O5S/c1-42(31(44)23-15-24(33(35,36)37)18-25(16-23)34(38,39)40)19-22(21-7-9-28-29(17-21)48-20-47-28)8-10-30-32(11-13-41-14-12-32)26-5-3-4-6-27(26)43(30)49(2,45)46/h3-7,9,15-18,22,30,41H,8,10-14,19-20H2,1-2H3/t22-,30?/m1/s1. The lowest BCUT2D eigenvalue weighted by atomic mass is 9.68. The summed E-state index contributed by atoms with van der Waals surface area (Å²) in [5.74, 6) is -0.591. The molecule has 1 spiro atoms. The molecule has 1 amide bonds. The topological polar surface area (TPSA) is 88.2 Å². The minimum atomic E-state index is -5.11. The van der Waals surface area contributed by atoms with Crippen molar-refractivity contribution < 1.29 is 49.0 Å². The number of piperidine rings is 1. The molecule has 1 unspecified atom stereocenters. The van der Waals surface area contributed by atoms with Crippen LogP contribution in [0, 0.1) is 0 Å². The van der Waals surface area contributed by atoms with Gasteiger partial charge in [0.25, 0.3) is 5.91 Å². The van der Waals surface area contributed by atoms with Crippen LogP contribution >= 0.6 is 0 Å². The summed E-state index contributed by atoms with van der Waals surface area (Å²) in [5.41, 5.74) is -2.15. The molecule has 0 bridgehead atoms. The Labute approximate surface area is 280 Å². The highest BCUT2D eigenvalue weighted by Crippen LogP contribution is 2.53. The number of fused-ring (bicyclic) bond motifs is 3. The number of sulfonamides is 1. The molecule has 8 nitrogen and oxygen atoms in total. The molecular weight excluding hydrogens is 676 g/mol. The second-order valence-corrected chi connectivity index (χ2v) is 14.7. The maximum absolute atomic E-state index is 13.6. The lowest BCUT2D eigenvalue weighted by Crippen LogP contribution is -2.52. The summed E-state index contributed by atoms with van der Waals surface area (Å²) < 4.78 is 121. The number of para-hydroxylation sites is 1. The Bertz CT molecular complexity index is 1810. The number of carbonyl (C=O) groups is 1. The van der Waals surface area contributed by atoms with Crippen molar-refractivity contribution in [2.75, 3.05) is 44.0 Å². The summed E-state index contributed by atoms with van der Waals surface area (Å²) in [6.07, 6.45) is -7.01. The Kier molecular flexibility index (Phi) is 9.05. The van der Waals surface area contributed by atoms with Crippen LogP contribution < -0.4 is 19.1 Å². The van der Waals surface area contributed by atoms with E-state index in [4.69, 9.17) is 9.47 Å². The number of rotatable bonds is 8. The molecule has 2 atom stereocenters. The predicted octanol–water partition coefficient (Wildman–Crippen LogP) is 6.56. The van der Waals surface area contributed by atoms with E-state index in [-0.39, 0.29) is 19.4 Å². The van der Waals surface area contributed by atoms with Gasteiger partial charge in [-0.1, -0.05) is 24.3 Å². The number of amides is 1. The molecule has 0 aromatic heterocycles. The molecule has 0 saturated carbocycles. The van der Waals surface area contributed by atoms with Crippen molar-refractivity contribution in [2.45, 2.75) is 55.4 Å². The largest absolute Gasteiger partial charge is 0.454 e. The maximum atomic E-state index is 13.6. The molecule has 1 N–H and O–H groups in total. The van der Waals surface area contributed by atoms with Gasteiger partial charge in [0.1, 0.15) is 0 Å². The molecular formula is C34H35F6N3O5S. The van der Waals surface area contributed by atoms with Gasteiger partial charge >= 0.3 is 12.4 Å². The van der Waals surface area contributed by atoms with E-state index in [2.05, 4.69) is 5.32 Å². The number of nitrogens with zero attached hydrogens (tertiary/aromatic N) is 2. The van der Waals surface area contributed by atoms with Gasteiger partial charge in [-0.3, -0.25) is 9.10 Å². The lowest BCUT2D eigenvalue weighted by molar-refractivity contribution is -0.143. The number of anilines is 1. The number of benzene rings is 3. The van der Waals surface area contributed by atoms with Gasteiger partial charge in [-0.15, -0.1) is 0 Å². The van der Waals surface area contributed by atoms with Crippen LogP contribution in [0.15, 0.2) is 60.7 Å². The number of hydrogen-bond donors (Lipinski definition) is 1. The fourth-order valence-electron chi connectivity index (χ4n) is 7.54. The summed E-state index contributed by atoms with van der Waals surface area (Å²) >= 11 is 0. The molecule has 0 aliphatic carbocycles. The first-order chi connectivity index (χ1) is 23.0. The summed E-state index contributed by atoms with van der Waals surface area (Å²) in [6, 6.07) is 13.0. The third-order valence-corrected chi connectivity index (χ3v) is 10.9. The Balaban J connectivity index is 1.34. The van der Waals surface area contributed by atoms with Crippen molar-refractivity contribution in [3.63, 3.8) is 0 Å². The van der Waals surface area contributed by atoms with Crippen molar-refractivity contribution >= 4 is 21.6 Å². The van der Waals surface area contributed by atoms with Crippen molar-refractivity contribution in [1.29, 1.82) is 0 Å². The van der Waals surface area contributed by atoms with Gasteiger partial charge in [-0.25, -0.2) is 8.42 Å². The smallest absolute Gasteiger partial charge is 0.416 e. The van der Waals surface area contributed by atoms with E-state index in [0.717, 1.165) is 10.5 Å². The van der Waals surface area contributed by atoms with E-state index in [1.807, 2.05) is 12.1 Å². The van der Waals surface area contributed by atoms with Crippen molar-refractivity contribution in [3.8, 4) is 11.5 Å². The Morgan fingerprint density at radius 3 is 2.22 bits per heavy atom. The van der Waals surface area contributed by atoms with Crippen molar-refractivity contribution in [3.05, 3.63) is 88.5 Å². The van der Waals surface area contributed by atoms with Crippen LogP contribution in [0.1, 0.15) is 64.2 Å².